The van der Waals surface area contributed by atoms with Crippen LogP contribution in [0.5, 0.6) is 0 Å². The summed E-state index contributed by atoms with van der Waals surface area (Å²) in [7, 11) is 0. The third-order valence-electron chi connectivity index (χ3n) is 10.7. The first-order valence-corrected chi connectivity index (χ1v) is 18.3. The average molecular weight is 674 g/mol. The molecule has 0 radical (unpaired) electrons. The number of nitrogens with zero attached hydrogens (tertiary/aromatic N) is 1. The highest BCUT2D eigenvalue weighted by atomic mass is 15.1. The third-order valence-corrected chi connectivity index (χ3v) is 10.7. The SMILES string of the molecule is c1ccc(-c2cccc3c2ccc2c(N(c4ccc(-c5cccc6ccccc56)cc4)c4ccc(-c5cccc6ccccc56)cc4)cccc23)cc1. The predicted octanol–water partition coefficient (Wildman–Crippen LogP) is 14.8. The molecule has 0 heterocycles. The van der Waals surface area contributed by atoms with Gasteiger partial charge >= 0.3 is 0 Å². The summed E-state index contributed by atoms with van der Waals surface area (Å²) in [5.41, 5.74) is 10.7. The fourth-order valence-corrected chi connectivity index (χ4v) is 8.14. The lowest BCUT2D eigenvalue weighted by Crippen LogP contribution is -2.10. The molecule has 0 aliphatic carbocycles. The van der Waals surface area contributed by atoms with Crippen molar-refractivity contribution in [2.45, 2.75) is 0 Å². The molecule has 0 bridgehead atoms. The van der Waals surface area contributed by atoms with Crippen molar-refractivity contribution in [2.24, 2.45) is 0 Å². The first-order chi connectivity index (χ1) is 26.3. The quantitative estimate of drug-likeness (QED) is 0.159. The Morgan fingerprint density at radius 3 is 1.21 bits per heavy atom. The predicted molar refractivity (Wildman–Crippen MR) is 227 cm³/mol. The molecular formula is C52H35N. The number of anilines is 3. The van der Waals surface area contributed by atoms with Gasteiger partial charge in [0, 0.05) is 16.8 Å². The van der Waals surface area contributed by atoms with E-state index < -0.39 is 0 Å². The molecule has 1 nitrogen and oxygen atoms in total. The number of fused-ring (bicyclic) bond motifs is 5. The van der Waals surface area contributed by atoms with Gasteiger partial charge in [-0.1, -0.05) is 182 Å². The highest BCUT2D eigenvalue weighted by Crippen LogP contribution is 2.43. The molecule has 0 saturated heterocycles. The summed E-state index contributed by atoms with van der Waals surface area (Å²) in [6.07, 6.45) is 0. The molecule has 0 saturated carbocycles. The van der Waals surface area contributed by atoms with Gasteiger partial charge in [-0.15, -0.1) is 0 Å². The molecule has 0 aliphatic rings. The van der Waals surface area contributed by atoms with E-state index >= 15 is 0 Å². The summed E-state index contributed by atoms with van der Waals surface area (Å²) >= 11 is 0. The van der Waals surface area contributed by atoms with Crippen molar-refractivity contribution < 1.29 is 0 Å². The highest BCUT2D eigenvalue weighted by molar-refractivity contribution is 6.16. The maximum absolute atomic E-state index is 2.41. The van der Waals surface area contributed by atoms with Crippen LogP contribution in [0.4, 0.5) is 17.1 Å². The molecule has 0 aromatic heterocycles. The molecule has 10 aromatic carbocycles. The van der Waals surface area contributed by atoms with E-state index in [1.165, 1.54) is 76.5 Å². The largest absolute Gasteiger partial charge is 0.310 e. The summed E-state index contributed by atoms with van der Waals surface area (Å²) in [5, 5.41) is 9.99. The van der Waals surface area contributed by atoms with Crippen LogP contribution >= 0.6 is 0 Å². The van der Waals surface area contributed by atoms with Gasteiger partial charge in [-0.25, -0.2) is 0 Å². The molecule has 10 aromatic rings. The van der Waals surface area contributed by atoms with Crippen molar-refractivity contribution in [3.05, 3.63) is 212 Å². The Morgan fingerprint density at radius 1 is 0.226 bits per heavy atom. The van der Waals surface area contributed by atoms with Gasteiger partial charge in [0.2, 0.25) is 0 Å². The van der Waals surface area contributed by atoms with Crippen LogP contribution in [-0.2, 0) is 0 Å². The lowest BCUT2D eigenvalue weighted by Gasteiger charge is -2.27. The number of benzene rings is 10. The van der Waals surface area contributed by atoms with Crippen LogP contribution in [0, 0.1) is 0 Å². The van der Waals surface area contributed by atoms with Crippen LogP contribution in [-0.4, -0.2) is 0 Å². The maximum Gasteiger partial charge on any atom is 0.0540 e. The normalized spacial score (nSPS) is 11.4. The van der Waals surface area contributed by atoms with Crippen LogP contribution < -0.4 is 4.90 Å². The van der Waals surface area contributed by atoms with E-state index in [4.69, 9.17) is 0 Å². The van der Waals surface area contributed by atoms with Gasteiger partial charge in [0.05, 0.1) is 5.69 Å². The van der Waals surface area contributed by atoms with Crippen molar-refractivity contribution in [3.63, 3.8) is 0 Å². The van der Waals surface area contributed by atoms with E-state index in [0.717, 1.165) is 17.1 Å². The van der Waals surface area contributed by atoms with Gasteiger partial charge < -0.3 is 4.90 Å². The molecule has 53 heavy (non-hydrogen) atoms. The third kappa shape index (κ3) is 5.42. The van der Waals surface area contributed by atoms with Crippen molar-refractivity contribution >= 4 is 60.2 Å². The standard InChI is InChI=1S/C52H35N/c1-2-12-36(13-3-1)47-22-10-23-48-49-24-11-25-52(51(49)35-34-50(47)48)53(41-30-26-39(27-31-41)45-20-8-16-37-14-4-6-18-43(37)45)42-32-28-40(29-33-42)46-21-9-17-38-15-5-7-19-44(38)46/h1-35H. The summed E-state index contributed by atoms with van der Waals surface area (Å²) < 4.78 is 0. The van der Waals surface area contributed by atoms with Gasteiger partial charge in [0.25, 0.3) is 0 Å². The van der Waals surface area contributed by atoms with Gasteiger partial charge in [-0.05, 0) is 101 Å². The van der Waals surface area contributed by atoms with Crippen LogP contribution in [0.25, 0.3) is 76.5 Å². The van der Waals surface area contributed by atoms with E-state index in [9.17, 15) is 0 Å². The first kappa shape index (κ1) is 30.8. The second-order valence-electron chi connectivity index (χ2n) is 13.7. The molecule has 0 unspecified atom stereocenters. The molecule has 248 valence electrons. The van der Waals surface area contributed by atoms with E-state index in [0.29, 0.717) is 0 Å². The minimum absolute atomic E-state index is 1.11. The molecule has 1 heteroatoms. The Labute approximate surface area is 309 Å². The zero-order valence-corrected chi connectivity index (χ0v) is 29.2. The zero-order chi connectivity index (χ0) is 35.1. The van der Waals surface area contributed by atoms with Crippen molar-refractivity contribution in [3.8, 4) is 33.4 Å². The molecule has 0 spiro atoms. The summed E-state index contributed by atoms with van der Waals surface area (Å²) in [6.45, 7) is 0. The maximum atomic E-state index is 2.41. The highest BCUT2D eigenvalue weighted by Gasteiger charge is 2.18. The van der Waals surface area contributed by atoms with Gasteiger partial charge in [-0.2, -0.15) is 0 Å². The minimum Gasteiger partial charge on any atom is -0.310 e. The van der Waals surface area contributed by atoms with Crippen LogP contribution in [0.1, 0.15) is 0 Å². The van der Waals surface area contributed by atoms with Crippen LogP contribution in [0.15, 0.2) is 212 Å². The van der Waals surface area contributed by atoms with Gasteiger partial charge in [0.1, 0.15) is 0 Å². The van der Waals surface area contributed by atoms with Crippen molar-refractivity contribution in [2.75, 3.05) is 4.90 Å². The Hall–Kier alpha value is -6.96. The Balaban J connectivity index is 1.14. The Kier molecular flexibility index (Phi) is 7.55. The molecule has 10 rings (SSSR count). The smallest absolute Gasteiger partial charge is 0.0540 e. The van der Waals surface area contributed by atoms with Crippen molar-refractivity contribution in [1.82, 2.24) is 0 Å². The molecule has 0 N–H and O–H groups in total. The Bertz CT molecular complexity index is 2790. The summed E-state index contributed by atoms with van der Waals surface area (Å²) in [6, 6.07) is 77.2. The molecule has 0 amide bonds. The minimum atomic E-state index is 1.11. The van der Waals surface area contributed by atoms with Crippen LogP contribution in [0.3, 0.4) is 0 Å². The molecular weight excluding hydrogens is 639 g/mol. The Morgan fingerprint density at radius 2 is 0.623 bits per heavy atom. The van der Waals surface area contributed by atoms with E-state index in [2.05, 4.69) is 217 Å². The number of hydrogen-bond acceptors (Lipinski definition) is 1. The fourth-order valence-electron chi connectivity index (χ4n) is 8.14. The van der Waals surface area contributed by atoms with E-state index in [-0.39, 0.29) is 0 Å². The monoisotopic (exact) mass is 673 g/mol. The molecule has 0 aliphatic heterocycles. The lowest BCUT2D eigenvalue weighted by molar-refractivity contribution is 1.30. The fraction of sp³-hybridized carbons (Fsp3) is 0. The zero-order valence-electron chi connectivity index (χ0n) is 29.2. The topological polar surface area (TPSA) is 3.24 Å². The van der Waals surface area contributed by atoms with Gasteiger partial charge in [0.15, 0.2) is 0 Å². The van der Waals surface area contributed by atoms with Gasteiger partial charge in [-0.3, -0.25) is 0 Å². The van der Waals surface area contributed by atoms with Crippen LogP contribution in [0.2, 0.25) is 0 Å². The summed E-state index contributed by atoms with van der Waals surface area (Å²) in [4.78, 5) is 2.41. The first-order valence-electron chi connectivity index (χ1n) is 18.3. The summed E-state index contributed by atoms with van der Waals surface area (Å²) in [5.74, 6) is 0. The lowest BCUT2D eigenvalue weighted by atomic mass is 9.94. The molecule has 0 atom stereocenters. The van der Waals surface area contributed by atoms with E-state index in [1.807, 2.05) is 0 Å². The van der Waals surface area contributed by atoms with Crippen molar-refractivity contribution in [1.29, 1.82) is 0 Å². The molecule has 0 fully saturated rings. The number of hydrogen-bond donors (Lipinski definition) is 0. The average Bonchev–Trinajstić information content (AvgIpc) is 3.24. The second kappa shape index (κ2) is 13.0. The second-order valence-corrected chi connectivity index (χ2v) is 13.7. The van der Waals surface area contributed by atoms with E-state index in [1.54, 1.807) is 0 Å². The number of rotatable bonds is 6.